The number of carbonyl (C=O) groups is 1. The molecular weight excluding hydrogens is 272 g/mol. The molecule has 0 aliphatic heterocycles. The topological polar surface area (TPSA) is 64.3 Å². The lowest BCUT2D eigenvalue weighted by atomic mass is 10.1. The van der Waals surface area contributed by atoms with Crippen LogP contribution in [0.25, 0.3) is 0 Å². The first-order chi connectivity index (χ1) is 9.67. The van der Waals surface area contributed by atoms with Gasteiger partial charge in [-0.15, -0.1) is 11.8 Å². The number of nitrogens with one attached hydrogen (secondary N) is 1. The molecule has 1 rings (SSSR count). The molecule has 0 spiro atoms. The fraction of sp³-hybridized carbons (Fsp3) is 0.533. The Kier molecular flexibility index (Phi) is 8.34. The normalized spacial score (nSPS) is 12.2. The van der Waals surface area contributed by atoms with Crippen molar-refractivity contribution in [1.29, 1.82) is 0 Å². The van der Waals surface area contributed by atoms with Crippen LogP contribution in [0.3, 0.4) is 0 Å². The molecule has 3 N–H and O–H groups in total. The minimum atomic E-state index is -0.0951. The molecule has 1 aromatic rings. The minimum Gasteiger partial charge on any atom is -0.379 e. The Balaban J connectivity index is 2.29. The second-order valence-electron chi connectivity index (χ2n) is 4.45. The third-order valence-electron chi connectivity index (χ3n) is 2.86. The standard InChI is InChI=1S/C15H24N2O2S/c1-3-13-4-6-14(7-5-13)17-15(18)12(2)20-11-10-19-9-8-16/h4-7,12H,3,8-11,16H2,1-2H3,(H,17,18). The largest absolute Gasteiger partial charge is 0.379 e. The average Bonchev–Trinajstić information content (AvgIpc) is 2.47. The summed E-state index contributed by atoms with van der Waals surface area (Å²) in [6.07, 6.45) is 1.00. The molecule has 0 radical (unpaired) electrons. The summed E-state index contributed by atoms with van der Waals surface area (Å²) in [7, 11) is 0. The summed E-state index contributed by atoms with van der Waals surface area (Å²) in [5.74, 6) is 0.821. The number of aryl methyl sites for hydroxylation is 1. The van der Waals surface area contributed by atoms with Crippen LogP contribution in [0.2, 0.25) is 0 Å². The van der Waals surface area contributed by atoms with Crippen LogP contribution in [0.4, 0.5) is 5.69 Å². The van der Waals surface area contributed by atoms with Crippen LogP contribution in [0.5, 0.6) is 0 Å². The quantitative estimate of drug-likeness (QED) is 0.686. The van der Waals surface area contributed by atoms with Crippen LogP contribution in [0, 0.1) is 0 Å². The van der Waals surface area contributed by atoms with Crippen molar-refractivity contribution >= 4 is 23.4 Å². The second kappa shape index (κ2) is 9.80. The van der Waals surface area contributed by atoms with E-state index < -0.39 is 0 Å². The molecule has 1 amide bonds. The first kappa shape index (κ1) is 17.0. The van der Waals surface area contributed by atoms with Gasteiger partial charge in [0.15, 0.2) is 0 Å². The van der Waals surface area contributed by atoms with Crippen molar-refractivity contribution in [2.45, 2.75) is 25.5 Å². The van der Waals surface area contributed by atoms with Gasteiger partial charge in [0.05, 0.1) is 18.5 Å². The summed E-state index contributed by atoms with van der Waals surface area (Å²) in [6.45, 7) is 5.76. The lowest BCUT2D eigenvalue weighted by Crippen LogP contribution is -2.23. The zero-order valence-corrected chi connectivity index (χ0v) is 13.0. The highest BCUT2D eigenvalue weighted by Crippen LogP contribution is 2.15. The van der Waals surface area contributed by atoms with Gasteiger partial charge in [0.2, 0.25) is 5.91 Å². The maximum atomic E-state index is 12.0. The summed E-state index contributed by atoms with van der Waals surface area (Å²) in [5, 5.41) is 2.83. The number of benzene rings is 1. The van der Waals surface area contributed by atoms with E-state index in [1.807, 2.05) is 31.2 Å². The molecule has 0 heterocycles. The molecule has 0 aromatic heterocycles. The van der Waals surface area contributed by atoms with Crippen molar-refractivity contribution in [3.05, 3.63) is 29.8 Å². The van der Waals surface area contributed by atoms with E-state index >= 15 is 0 Å². The molecule has 1 aromatic carbocycles. The van der Waals surface area contributed by atoms with E-state index in [9.17, 15) is 4.79 Å². The number of ether oxygens (including phenoxy) is 1. The molecule has 0 saturated heterocycles. The van der Waals surface area contributed by atoms with Crippen LogP contribution >= 0.6 is 11.8 Å². The number of amides is 1. The third-order valence-corrected chi connectivity index (χ3v) is 3.97. The number of hydrogen-bond donors (Lipinski definition) is 2. The van der Waals surface area contributed by atoms with Crippen molar-refractivity contribution in [3.63, 3.8) is 0 Å². The fourth-order valence-electron chi connectivity index (χ4n) is 1.61. The Hall–Kier alpha value is -1.04. The van der Waals surface area contributed by atoms with Crippen LogP contribution in [0.1, 0.15) is 19.4 Å². The molecule has 0 fully saturated rings. The van der Waals surface area contributed by atoms with Crippen LogP contribution in [0.15, 0.2) is 24.3 Å². The average molecular weight is 296 g/mol. The number of nitrogens with two attached hydrogens (primary N) is 1. The van der Waals surface area contributed by atoms with Gasteiger partial charge in [0, 0.05) is 18.0 Å². The molecule has 0 bridgehead atoms. The Labute approximate surface area is 125 Å². The maximum Gasteiger partial charge on any atom is 0.237 e. The number of carbonyl (C=O) groups excluding carboxylic acids is 1. The third kappa shape index (κ3) is 6.41. The van der Waals surface area contributed by atoms with Crippen molar-refractivity contribution in [2.24, 2.45) is 5.73 Å². The van der Waals surface area contributed by atoms with Crippen molar-refractivity contribution < 1.29 is 9.53 Å². The zero-order chi connectivity index (χ0) is 14.8. The minimum absolute atomic E-state index is 0.0260. The number of hydrogen-bond acceptors (Lipinski definition) is 4. The summed E-state index contributed by atoms with van der Waals surface area (Å²) < 4.78 is 5.28. The van der Waals surface area contributed by atoms with Gasteiger partial charge in [-0.2, -0.15) is 0 Å². The molecule has 0 saturated carbocycles. The smallest absolute Gasteiger partial charge is 0.237 e. The Bertz CT molecular complexity index is 395. The van der Waals surface area contributed by atoms with Gasteiger partial charge in [-0.25, -0.2) is 0 Å². The highest BCUT2D eigenvalue weighted by molar-refractivity contribution is 8.00. The first-order valence-electron chi connectivity index (χ1n) is 6.96. The van der Waals surface area contributed by atoms with E-state index in [1.165, 1.54) is 5.56 Å². The Morgan fingerprint density at radius 3 is 2.65 bits per heavy atom. The van der Waals surface area contributed by atoms with E-state index in [0.717, 1.165) is 17.9 Å². The van der Waals surface area contributed by atoms with Crippen LogP contribution < -0.4 is 11.1 Å². The van der Waals surface area contributed by atoms with Gasteiger partial charge < -0.3 is 15.8 Å². The monoisotopic (exact) mass is 296 g/mol. The summed E-state index contributed by atoms with van der Waals surface area (Å²) >= 11 is 1.58. The van der Waals surface area contributed by atoms with E-state index in [1.54, 1.807) is 11.8 Å². The molecule has 20 heavy (non-hydrogen) atoms. The molecule has 1 unspecified atom stereocenters. The number of rotatable bonds is 9. The second-order valence-corrected chi connectivity index (χ2v) is 5.90. The summed E-state index contributed by atoms with van der Waals surface area (Å²) in [6, 6.07) is 7.96. The first-order valence-corrected chi connectivity index (χ1v) is 8.01. The molecule has 1 atom stereocenters. The molecule has 112 valence electrons. The van der Waals surface area contributed by atoms with Crippen molar-refractivity contribution in [1.82, 2.24) is 0 Å². The van der Waals surface area contributed by atoms with Gasteiger partial charge in [-0.3, -0.25) is 4.79 Å². The van der Waals surface area contributed by atoms with E-state index in [2.05, 4.69) is 12.2 Å². The van der Waals surface area contributed by atoms with E-state index in [-0.39, 0.29) is 11.2 Å². The highest BCUT2D eigenvalue weighted by Gasteiger charge is 2.13. The van der Waals surface area contributed by atoms with E-state index in [0.29, 0.717) is 19.8 Å². The predicted octanol–water partition coefficient (Wildman–Crippen LogP) is 2.28. The number of anilines is 1. The maximum absolute atomic E-state index is 12.0. The molecular formula is C15H24N2O2S. The van der Waals surface area contributed by atoms with Gasteiger partial charge in [-0.1, -0.05) is 19.1 Å². The predicted molar refractivity (Wildman–Crippen MR) is 86.2 cm³/mol. The van der Waals surface area contributed by atoms with Gasteiger partial charge in [0.25, 0.3) is 0 Å². The van der Waals surface area contributed by atoms with E-state index in [4.69, 9.17) is 10.5 Å². The van der Waals surface area contributed by atoms with Gasteiger partial charge in [0.1, 0.15) is 0 Å². The van der Waals surface area contributed by atoms with Crippen LogP contribution in [-0.4, -0.2) is 36.7 Å². The summed E-state index contributed by atoms with van der Waals surface area (Å²) in [4.78, 5) is 12.0. The summed E-state index contributed by atoms with van der Waals surface area (Å²) in [5.41, 5.74) is 7.44. The SMILES string of the molecule is CCc1ccc(NC(=O)C(C)SCCOCCN)cc1. The molecule has 0 aliphatic carbocycles. The Morgan fingerprint density at radius 1 is 1.35 bits per heavy atom. The van der Waals surface area contributed by atoms with Crippen molar-refractivity contribution in [2.75, 3.05) is 30.8 Å². The molecule has 4 nitrogen and oxygen atoms in total. The molecule has 0 aliphatic rings. The van der Waals surface area contributed by atoms with Gasteiger partial charge in [-0.05, 0) is 31.0 Å². The molecule has 5 heteroatoms. The lowest BCUT2D eigenvalue weighted by molar-refractivity contribution is -0.115. The van der Waals surface area contributed by atoms with Crippen molar-refractivity contribution in [3.8, 4) is 0 Å². The van der Waals surface area contributed by atoms with Gasteiger partial charge >= 0.3 is 0 Å². The zero-order valence-electron chi connectivity index (χ0n) is 12.2. The highest BCUT2D eigenvalue weighted by atomic mass is 32.2. The van der Waals surface area contributed by atoms with Crippen LogP contribution in [-0.2, 0) is 16.0 Å². The number of thioether (sulfide) groups is 1. The lowest BCUT2D eigenvalue weighted by Gasteiger charge is -2.12. The Morgan fingerprint density at radius 2 is 2.05 bits per heavy atom. The fourth-order valence-corrected chi connectivity index (χ4v) is 2.39.